The summed E-state index contributed by atoms with van der Waals surface area (Å²) in [7, 11) is 0. The van der Waals surface area contributed by atoms with Crippen LogP contribution in [0.15, 0.2) is 60.8 Å². The Morgan fingerprint density at radius 3 is 2.57 bits per heavy atom. The van der Waals surface area contributed by atoms with Crippen molar-refractivity contribution in [2.75, 3.05) is 0 Å². The van der Waals surface area contributed by atoms with Crippen LogP contribution in [0, 0.1) is 6.92 Å². The number of para-hydroxylation sites is 1. The lowest BCUT2D eigenvalue weighted by Gasteiger charge is -2.06. The molecule has 0 aliphatic heterocycles. The van der Waals surface area contributed by atoms with Crippen LogP contribution in [0.25, 0.3) is 28.1 Å². The molecule has 4 aromatic rings. The molecule has 0 aliphatic rings. The summed E-state index contributed by atoms with van der Waals surface area (Å²) < 4.78 is 1.80. The van der Waals surface area contributed by atoms with E-state index in [-0.39, 0.29) is 5.75 Å². The van der Waals surface area contributed by atoms with Gasteiger partial charge in [0.25, 0.3) is 0 Å². The van der Waals surface area contributed by atoms with Crippen LogP contribution in [0.2, 0.25) is 0 Å². The van der Waals surface area contributed by atoms with Crippen molar-refractivity contribution in [2.24, 2.45) is 0 Å². The van der Waals surface area contributed by atoms with E-state index < -0.39 is 0 Å². The Hall–Kier alpha value is -3.21. The zero-order valence-electron chi connectivity index (χ0n) is 12.5. The minimum absolute atomic E-state index is 0.195. The summed E-state index contributed by atoms with van der Waals surface area (Å²) in [5, 5.41) is 15.0. The lowest BCUT2D eigenvalue weighted by molar-refractivity contribution is 0.475. The number of benzene rings is 2. The highest BCUT2D eigenvalue weighted by atomic mass is 16.3. The Morgan fingerprint density at radius 2 is 1.78 bits per heavy atom. The third kappa shape index (κ3) is 2.32. The number of aryl methyl sites for hydroxylation is 1. The van der Waals surface area contributed by atoms with Crippen LogP contribution in [0.1, 0.15) is 5.69 Å². The van der Waals surface area contributed by atoms with Gasteiger partial charge in [0.15, 0.2) is 11.5 Å². The maximum Gasteiger partial charge on any atom is 0.167 e. The van der Waals surface area contributed by atoms with Crippen molar-refractivity contribution in [3.05, 3.63) is 66.5 Å². The van der Waals surface area contributed by atoms with Gasteiger partial charge in [-0.2, -0.15) is 5.10 Å². The van der Waals surface area contributed by atoms with Crippen LogP contribution in [0.4, 0.5) is 0 Å². The third-order valence-corrected chi connectivity index (χ3v) is 3.72. The van der Waals surface area contributed by atoms with Gasteiger partial charge >= 0.3 is 0 Å². The Labute approximate surface area is 132 Å². The van der Waals surface area contributed by atoms with Crippen molar-refractivity contribution in [1.29, 1.82) is 0 Å². The molecule has 0 atom stereocenters. The Bertz CT molecular complexity index is 993. The molecule has 0 saturated carbocycles. The van der Waals surface area contributed by atoms with E-state index >= 15 is 0 Å². The van der Waals surface area contributed by atoms with Crippen LogP contribution >= 0.6 is 0 Å². The van der Waals surface area contributed by atoms with E-state index in [2.05, 4.69) is 15.1 Å². The van der Waals surface area contributed by atoms with Crippen molar-refractivity contribution < 1.29 is 5.11 Å². The molecule has 2 heterocycles. The summed E-state index contributed by atoms with van der Waals surface area (Å²) in [6.45, 7) is 1.94. The van der Waals surface area contributed by atoms with Crippen molar-refractivity contribution in [1.82, 2.24) is 19.7 Å². The van der Waals surface area contributed by atoms with E-state index in [1.807, 2.05) is 43.3 Å². The number of aromatic nitrogens is 4. The molecule has 2 aromatic heterocycles. The molecular formula is C18H14N4O. The average Bonchev–Trinajstić information content (AvgIpc) is 3.00. The van der Waals surface area contributed by atoms with E-state index in [0.29, 0.717) is 5.82 Å². The number of phenolic OH excluding ortho intramolecular Hbond substituents is 1. The molecule has 0 spiro atoms. The number of rotatable bonds is 2. The monoisotopic (exact) mass is 302 g/mol. The van der Waals surface area contributed by atoms with Crippen LogP contribution in [-0.4, -0.2) is 24.9 Å². The SMILES string of the molecule is Cc1nc(-c2cccc(O)c2)nc2c1cnn2-c1ccccc1. The molecule has 5 nitrogen and oxygen atoms in total. The molecule has 2 aromatic carbocycles. The van der Waals surface area contributed by atoms with Crippen LogP contribution in [0.5, 0.6) is 5.75 Å². The molecule has 0 fully saturated rings. The van der Waals surface area contributed by atoms with Crippen LogP contribution in [0.3, 0.4) is 0 Å². The fourth-order valence-corrected chi connectivity index (χ4v) is 2.58. The zero-order chi connectivity index (χ0) is 15.8. The highest BCUT2D eigenvalue weighted by molar-refractivity contribution is 5.80. The summed E-state index contributed by atoms with van der Waals surface area (Å²) in [5.74, 6) is 0.768. The molecule has 4 rings (SSSR count). The maximum absolute atomic E-state index is 9.68. The van der Waals surface area contributed by atoms with Gasteiger partial charge in [0, 0.05) is 5.56 Å². The predicted octanol–water partition coefficient (Wildman–Crippen LogP) is 3.50. The topological polar surface area (TPSA) is 63.8 Å². The van der Waals surface area contributed by atoms with Gasteiger partial charge in [-0.3, -0.25) is 0 Å². The van der Waals surface area contributed by atoms with E-state index in [9.17, 15) is 5.11 Å². The van der Waals surface area contributed by atoms with Gasteiger partial charge in [-0.05, 0) is 31.2 Å². The molecule has 1 N–H and O–H groups in total. The Kier molecular flexibility index (Phi) is 3.05. The first-order chi connectivity index (χ1) is 11.2. The van der Waals surface area contributed by atoms with Crippen molar-refractivity contribution in [2.45, 2.75) is 6.92 Å². The van der Waals surface area contributed by atoms with Gasteiger partial charge in [0.2, 0.25) is 0 Å². The van der Waals surface area contributed by atoms with Gasteiger partial charge in [-0.25, -0.2) is 14.6 Å². The zero-order valence-corrected chi connectivity index (χ0v) is 12.5. The fraction of sp³-hybridized carbons (Fsp3) is 0.0556. The van der Waals surface area contributed by atoms with Crippen molar-refractivity contribution >= 4 is 11.0 Å². The van der Waals surface area contributed by atoms with E-state index in [1.165, 1.54) is 0 Å². The quantitative estimate of drug-likeness (QED) is 0.615. The third-order valence-electron chi connectivity index (χ3n) is 3.72. The number of hydrogen-bond donors (Lipinski definition) is 1. The number of nitrogens with zero attached hydrogens (tertiary/aromatic N) is 4. The average molecular weight is 302 g/mol. The minimum Gasteiger partial charge on any atom is -0.508 e. The summed E-state index contributed by atoms with van der Waals surface area (Å²) in [5.41, 5.74) is 3.33. The maximum atomic E-state index is 9.68. The second kappa shape index (κ2) is 5.21. The molecule has 0 bridgehead atoms. The van der Waals surface area contributed by atoms with Crippen LogP contribution < -0.4 is 0 Å². The van der Waals surface area contributed by atoms with Gasteiger partial charge < -0.3 is 5.11 Å². The standard InChI is InChI=1S/C18H14N4O/c1-12-16-11-19-22(14-7-3-2-4-8-14)18(16)21-17(20-12)13-6-5-9-15(23)10-13/h2-11,23H,1H3. The molecule has 0 unspecified atom stereocenters. The van der Waals surface area contributed by atoms with Crippen LogP contribution in [-0.2, 0) is 0 Å². The molecule has 112 valence electrons. The second-order valence-corrected chi connectivity index (χ2v) is 5.31. The summed E-state index contributed by atoms with van der Waals surface area (Å²) >= 11 is 0. The second-order valence-electron chi connectivity index (χ2n) is 5.31. The summed E-state index contributed by atoms with van der Waals surface area (Å²) in [6.07, 6.45) is 1.78. The predicted molar refractivity (Wildman–Crippen MR) is 88.5 cm³/mol. The lowest BCUT2D eigenvalue weighted by Crippen LogP contribution is -2.00. The highest BCUT2D eigenvalue weighted by Crippen LogP contribution is 2.25. The van der Waals surface area contributed by atoms with Crippen molar-refractivity contribution in [3.8, 4) is 22.8 Å². The molecule has 0 aliphatic carbocycles. The number of phenols is 1. The van der Waals surface area contributed by atoms with E-state index in [0.717, 1.165) is 28.0 Å². The first-order valence-corrected chi connectivity index (χ1v) is 7.29. The first kappa shape index (κ1) is 13.5. The fourth-order valence-electron chi connectivity index (χ4n) is 2.58. The number of fused-ring (bicyclic) bond motifs is 1. The minimum atomic E-state index is 0.195. The number of aromatic hydroxyl groups is 1. The smallest absolute Gasteiger partial charge is 0.167 e. The van der Waals surface area contributed by atoms with E-state index in [4.69, 9.17) is 0 Å². The summed E-state index contributed by atoms with van der Waals surface area (Å²) in [4.78, 5) is 9.21. The first-order valence-electron chi connectivity index (χ1n) is 7.29. The molecule has 0 saturated heterocycles. The molecule has 5 heteroatoms. The van der Waals surface area contributed by atoms with Gasteiger partial charge in [-0.1, -0.05) is 30.3 Å². The Morgan fingerprint density at radius 1 is 0.957 bits per heavy atom. The van der Waals surface area contributed by atoms with Crippen molar-refractivity contribution in [3.63, 3.8) is 0 Å². The van der Waals surface area contributed by atoms with Gasteiger partial charge in [0.05, 0.1) is 23.0 Å². The lowest BCUT2D eigenvalue weighted by atomic mass is 10.2. The van der Waals surface area contributed by atoms with Gasteiger partial charge in [-0.15, -0.1) is 0 Å². The number of hydrogen-bond acceptors (Lipinski definition) is 4. The molecular weight excluding hydrogens is 288 g/mol. The van der Waals surface area contributed by atoms with Gasteiger partial charge in [0.1, 0.15) is 5.75 Å². The highest BCUT2D eigenvalue weighted by Gasteiger charge is 2.12. The largest absolute Gasteiger partial charge is 0.508 e. The Balaban J connectivity index is 1.96. The van der Waals surface area contributed by atoms with E-state index in [1.54, 1.807) is 29.1 Å². The molecule has 0 amide bonds. The molecule has 23 heavy (non-hydrogen) atoms. The molecule has 0 radical (unpaired) electrons. The summed E-state index contributed by atoms with van der Waals surface area (Å²) in [6, 6.07) is 16.8. The normalized spacial score (nSPS) is 11.0.